The van der Waals surface area contributed by atoms with Crippen molar-refractivity contribution >= 4 is 22.2 Å². The summed E-state index contributed by atoms with van der Waals surface area (Å²) < 4.78 is 18.3. The lowest BCUT2D eigenvalue weighted by atomic mass is 10.1. The molecule has 3 aromatic rings. The molecule has 1 heterocycles. The first-order valence-corrected chi connectivity index (χ1v) is 11.1. The molecule has 0 saturated carbocycles. The highest BCUT2D eigenvalue weighted by molar-refractivity contribution is 7.85. The fourth-order valence-electron chi connectivity index (χ4n) is 3.86. The smallest absolute Gasteiger partial charge is 0.162 e. The maximum absolute atomic E-state index is 13.2. The van der Waals surface area contributed by atoms with Crippen molar-refractivity contribution in [3.05, 3.63) is 71.3 Å². The van der Waals surface area contributed by atoms with Crippen molar-refractivity contribution in [2.75, 3.05) is 25.1 Å². The summed E-state index contributed by atoms with van der Waals surface area (Å²) in [7, 11) is 0.365. The van der Waals surface area contributed by atoms with Gasteiger partial charge in [0.1, 0.15) is 0 Å². The van der Waals surface area contributed by atoms with E-state index in [0.717, 1.165) is 38.8 Å². The van der Waals surface area contributed by atoms with E-state index in [1.807, 2.05) is 48.5 Å². The number of para-hydroxylation sites is 2. The number of phenols is 1. The monoisotopic (exact) mass is 438 g/mol. The summed E-state index contributed by atoms with van der Waals surface area (Å²) in [5.74, 6) is 0.643. The highest BCUT2D eigenvalue weighted by atomic mass is 32.2. The number of methoxy groups -OCH3 is 1. The molecule has 3 aromatic carbocycles. The van der Waals surface area contributed by atoms with E-state index in [9.17, 15) is 9.32 Å². The number of rotatable bonds is 6. The summed E-state index contributed by atoms with van der Waals surface area (Å²) in [4.78, 5) is 3.97. The van der Waals surface area contributed by atoms with Gasteiger partial charge in [-0.1, -0.05) is 37.8 Å². The van der Waals surface area contributed by atoms with Crippen LogP contribution in [0.5, 0.6) is 11.5 Å². The zero-order valence-corrected chi connectivity index (χ0v) is 18.3. The van der Waals surface area contributed by atoms with Gasteiger partial charge in [0, 0.05) is 25.2 Å². The number of ether oxygens (including phenoxy) is 1. The molecule has 164 valence electrons. The van der Waals surface area contributed by atoms with Gasteiger partial charge in [0.25, 0.3) is 0 Å². The Bertz CT molecular complexity index is 1110. The standard InChI is InChI=1S/C24H26N2O3S.CH4/c1-16-11-12-22-23(17(16)2)26(19-8-4-5-10-21(19)30(22)28)14-13-25-15-18-7-6-9-20(29-3)24(18)27;/h4-12,25,27H,13-15H2,1-3H3;1H4. The van der Waals surface area contributed by atoms with Gasteiger partial charge in [-0.15, -0.1) is 0 Å². The van der Waals surface area contributed by atoms with E-state index in [1.54, 1.807) is 13.2 Å². The van der Waals surface area contributed by atoms with E-state index in [0.29, 0.717) is 18.8 Å². The van der Waals surface area contributed by atoms with Crippen molar-refractivity contribution in [2.45, 2.75) is 37.6 Å². The van der Waals surface area contributed by atoms with Crippen LogP contribution in [0, 0.1) is 13.8 Å². The van der Waals surface area contributed by atoms with Crippen molar-refractivity contribution in [1.29, 1.82) is 0 Å². The Morgan fingerprint density at radius 1 is 1.03 bits per heavy atom. The van der Waals surface area contributed by atoms with Crippen LogP contribution in [0.4, 0.5) is 11.4 Å². The Labute approximate surface area is 187 Å². The highest BCUT2D eigenvalue weighted by Gasteiger charge is 2.29. The fourth-order valence-corrected chi connectivity index (χ4v) is 5.30. The van der Waals surface area contributed by atoms with Crippen molar-refractivity contribution < 1.29 is 14.1 Å². The van der Waals surface area contributed by atoms with E-state index >= 15 is 0 Å². The molecule has 4 rings (SSSR count). The summed E-state index contributed by atoms with van der Waals surface area (Å²) in [5.41, 5.74) is 5.16. The van der Waals surface area contributed by atoms with Gasteiger partial charge in [0.2, 0.25) is 0 Å². The number of hydrogen-bond acceptors (Lipinski definition) is 5. The lowest BCUT2D eigenvalue weighted by Crippen LogP contribution is -2.32. The number of benzene rings is 3. The summed E-state index contributed by atoms with van der Waals surface area (Å²) in [5, 5.41) is 13.7. The Morgan fingerprint density at radius 2 is 1.81 bits per heavy atom. The minimum Gasteiger partial charge on any atom is -0.504 e. The lowest BCUT2D eigenvalue weighted by Gasteiger charge is -2.34. The molecule has 6 heteroatoms. The molecule has 0 aliphatic carbocycles. The molecule has 1 atom stereocenters. The second-order valence-electron chi connectivity index (χ2n) is 7.39. The van der Waals surface area contributed by atoms with Gasteiger partial charge < -0.3 is 20.1 Å². The second-order valence-corrected chi connectivity index (χ2v) is 8.80. The molecule has 0 fully saturated rings. The predicted octanol–water partition coefficient (Wildman–Crippen LogP) is 5.06. The Hall–Kier alpha value is -2.83. The average molecular weight is 439 g/mol. The molecule has 0 radical (unpaired) electrons. The number of nitrogens with one attached hydrogen (secondary N) is 1. The van der Waals surface area contributed by atoms with Crippen molar-refractivity contribution in [3.8, 4) is 11.5 Å². The fraction of sp³-hybridized carbons (Fsp3) is 0.280. The predicted molar refractivity (Wildman–Crippen MR) is 127 cm³/mol. The van der Waals surface area contributed by atoms with Gasteiger partial charge in [-0.25, -0.2) is 4.21 Å². The molecule has 1 aliphatic rings. The maximum atomic E-state index is 13.2. The van der Waals surface area contributed by atoms with Crippen LogP contribution < -0.4 is 15.0 Å². The largest absolute Gasteiger partial charge is 0.504 e. The molecular weight excluding hydrogens is 408 g/mol. The van der Waals surface area contributed by atoms with Gasteiger partial charge in [0.05, 0.1) is 39.1 Å². The zero-order valence-electron chi connectivity index (χ0n) is 17.4. The van der Waals surface area contributed by atoms with Crippen molar-refractivity contribution in [3.63, 3.8) is 0 Å². The normalized spacial score (nSPS) is 14.4. The quantitative estimate of drug-likeness (QED) is 0.527. The first-order chi connectivity index (χ1) is 14.5. The van der Waals surface area contributed by atoms with Crippen LogP contribution in [0.2, 0.25) is 0 Å². The average Bonchev–Trinajstić information content (AvgIpc) is 2.76. The van der Waals surface area contributed by atoms with E-state index < -0.39 is 10.8 Å². The Balaban J connectivity index is 0.00000272. The van der Waals surface area contributed by atoms with Gasteiger partial charge >= 0.3 is 0 Å². The summed E-state index contributed by atoms with van der Waals surface area (Å²) in [6, 6.07) is 17.4. The summed E-state index contributed by atoms with van der Waals surface area (Å²) in [6.45, 7) is 6.12. The van der Waals surface area contributed by atoms with Gasteiger partial charge in [-0.2, -0.15) is 0 Å². The number of aromatic hydroxyl groups is 1. The van der Waals surface area contributed by atoms with E-state index in [2.05, 4.69) is 24.1 Å². The topological polar surface area (TPSA) is 61.8 Å². The SMILES string of the molecule is C.COc1cccc(CNCCN2c3ccccc3S(=O)c3ccc(C)c(C)c32)c1O. The summed E-state index contributed by atoms with van der Waals surface area (Å²) >= 11 is 0. The van der Waals surface area contributed by atoms with Crippen LogP contribution in [-0.4, -0.2) is 29.5 Å². The van der Waals surface area contributed by atoms with Crippen LogP contribution in [0.15, 0.2) is 64.4 Å². The third-order valence-corrected chi connectivity index (χ3v) is 7.09. The second kappa shape index (κ2) is 9.54. The molecule has 0 bridgehead atoms. The van der Waals surface area contributed by atoms with Crippen molar-refractivity contribution in [1.82, 2.24) is 5.32 Å². The minimum absolute atomic E-state index is 0. The van der Waals surface area contributed by atoms with E-state index in [1.165, 1.54) is 5.56 Å². The van der Waals surface area contributed by atoms with Crippen LogP contribution in [-0.2, 0) is 17.3 Å². The number of nitrogens with zero attached hydrogens (tertiary/aromatic N) is 1. The van der Waals surface area contributed by atoms with Crippen LogP contribution >= 0.6 is 0 Å². The van der Waals surface area contributed by atoms with Gasteiger partial charge in [-0.05, 0) is 49.2 Å². The number of phenolic OH excluding ortho intramolecular Hbond substituents is 1. The van der Waals surface area contributed by atoms with E-state index in [4.69, 9.17) is 4.74 Å². The first kappa shape index (κ1) is 22.8. The van der Waals surface area contributed by atoms with Gasteiger partial charge in [-0.3, -0.25) is 0 Å². The number of fused-ring (bicyclic) bond motifs is 2. The Kier molecular flexibility index (Phi) is 7.03. The van der Waals surface area contributed by atoms with E-state index in [-0.39, 0.29) is 13.2 Å². The molecule has 1 aliphatic heterocycles. The highest BCUT2D eigenvalue weighted by Crippen LogP contribution is 2.44. The zero-order chi connectivity index (χ0) is 21.3. The molecule has 5 nitrogen and oxygen atoms in total. The molecule has 1 unspecified atom stereocenters. The summed E-state index contributed by atoms with van der Waals surface area (Å²) in [6.07, 6.45) is 0. The molecule has 0 aromatic heterocycles. The molecular formula is C25H30N2O3S. The van der Waals surface area contributed by atoms with Crippen LogP contribution in [0.3, 0.4) is 0 Å². The molecule has 0 spiro atoms. The molecule has 31 heavy (non-hydrogen) atoms. The lowest BCUT2D eigenvalue weighted by molar-refractivity contribution is 0.369. The Morgan fingerprint density at radius 3 is 2.58 bits per heavy atom. The number of anilines is 2. The maximum Gasteiger partial charge on any atom is 0.162 e. The molecule has 0 amide bonds. The van der Waals surface area contributed by atoms with Gasteiger partial charge in [0.15, 0.2) is 11.5 Å². The van der Waals surface area contributed by atoms with Crippen molar-refractivity contribution in [2.24, 2.45) is 0 Å². The molecule has 0 saturated heterocycles. The molecule has 2 N–H and O–H groups in total. The number of hydrogen-bond donors (Lipinski definition) is 2. The third-order valence-electron chi connectivity index (χ3n) is 5.62. The first-order valence-electron chi connectivity index (χ1n) is 9.97. The van der Waals surface area contributed by atoms with Crippen LogP contribution in [0.1, 0.15) is 24.1 Å². The van der Waals surface area contributed by atoms with Crippen LogP contribution in [0.25, 0.3) is 0 Å². The number of aryl methyl sites for hydroxylation is 1. The third kappa shape index (κ3) is 4.18. The minimum atomic E-state index is -1.18.